The molecule has 1 heterocycles. The molecule has 0 fully saturated rings. The Morgan fingerprint density at radius 3 is 2.48 bits per heavy atom. The molecule has 9 heteroatoms. The van der Waals surface area contributed by atoms with Crippen molar-refractivity contribution in [1.29, 1.82) is 0 Å². The third kappa shape index (κ3) is 3.24. The van der Waals surface area contributed by atoms with E-state index >= 15 is 0 Å². The highest BCUT2D eigenvalue weighted by molar-refractivity contribution is 6.34. The molecule has 8 nitrogen and oxygen atoms in total. The zero-order valence-electron chi connectivity index (χ0n) is 12.9. The van der Waals surface area contributed by atoms with Crippen molar-refractivity contribution in [2.75, 3.05) is 12.1 Å². The summed E-state index contributed by atoms with van der Waals surface area (Å²) in [6.45, 7) is 1.36. The Morgan fingerprint density at radius 1 is 1.16 bits per heavy atom. The molecule has 2 aromatic rings. The van der Waals surface area contributed by atoms with Gasteiger partial charge in [-0.15, -0.1) is 0 Å². The molecule has 0 unspecified atom stereocenters. The minimum atomic E-state index is -0.685. The van der Waals surface area contributed by atoms with Crippen LogP contribution in [0.1, 0.15) is 27.6 Å². The average Bonchev–Trinajstić information content (AvgIpc) is 3.01. The molecular formula is C16H11ClN2O6. The number of fused-ring (bicyclic) bond motifs is 1. The monoisotopic (exact) mass is 362 g/mol. The fourth-order valence-corrected chi connectivity index (χ4v) is 2.53. The highest BCUT2D eigenvalue weighted by Crippen LogP contribution is 2.37. The van der Waals surface area contributed by atoms with Gasteiger partial charge in [0.1, 0.15) is 0 Å². The number of halogens is 1. The number of non-ortho nitro benzene ring substituents is 1. The summed E-state index contributed by atoms with van der Waals surface area (Å²) in [5.41, 5.74) is 0.0681. The van der Waals surface area contributed by atoms with Crippen molar-refractivity contribution in [2.45, 2.75) is 6.92 Å². The van der Waals surface area contributed by atoms with Gasteiger partial charge in [-0.2, -0.15) is 0 Å². The number of hydrogen-bond donors (Lipinski definition) is 1. The van der Waals surface area contributed by atoms with Crippen molar-refractivity contribution in [3.05, 3.63) is 56.6 Å². The lowest BCUT2D eigenvalue weighted by atomic mass is 10.1. The van der Waals surface area contributed by atoms with Crippen molar-refractivity contribution in [1.82, 2.24) is 0 Å². The highest BCUT2D eigenvalue weighted by atomic mass is 35.5. The number of nitrogens with zero attached hydrogens (tertiary/aromatic N) is 1. The van der Waals surface area contributed by atoms with E-state index in [0.29, 0.717) is 11.5 Å². The first-order chi connectivity index (χ1) is 11.9. The van der Waals surface area contributed by atoms with E-state index in [0.717, 1.165) is 6.07 Å². The van der Waals surface area contributed by atoms with Gasteiger partial charge in [0.2, 0.25) is 6.79 Å². The number of carbonyl (C=O) groups is 2. The number of amides is 1. The number of hydrogen-bond acceptors (Lipinski definition) is 6. The van der Waals surface area contributed by atoms with E-state index in [9.17, 15) is 19.7 Å². The van der Waals surface area contributed by atoms with Gasteiger partial charge in [0.25, 0.3) is 11.6 Å². The lowest BCUT2D eigenvalue weighted by Crippen LogP contribution is -2.15. The first-order valence-electron chi connectivity index (χ1n) is 7.06. The molecule has 0 saturated carbocycles. The minimum absolute atomic E-state index is 0.0147. The maximum absolute atomic E-state index is 12.5. The third-order valence-corrected chi connectivity index (χ3v) is 3.88. The van der Waals surface area contributed by atoms with Crippen molar-refractivity contribution >= 4 is 34.7 Å². The Morgan fingerprint density at radius 2 is 1.84 bits per heavy atom. The molecule has 2 aromatic carbocycles. The Labute approximate surface area is 146 Å². The van der Waals surface area contributed by atoms with Crippen LogP contribution >= 0.6 is 11.6 Å². The molecule has 0 atom stereocenters. The van der Waals surface area contributed by atoms with Crippen molar-refractivity contribution < 1.29 is 24.0 Å². The van der Waals surface area contributed by atoms with Crippen molar-refractivity contribution in [2.24, 2.45) is 0 Å². The van der Waals surface area contributed by atoms with Gasteiger partial charge in [0.05, 0.1) is 21.2 Å². The molecule has 0 radical (unpaired) electrons. The summed E-state index contributed by atoms with van der Waals surface area (Å²) >= 11 is 5.96. The van der Waals surface area contributed by atoms with Crippen LogP contribution in [0, 0.1) is 10.1 Å². The largest absolute Gasteiger partial charge is 0.454 e. The van der Waals surface area contributed by atoms with Crippen LogP contribution in [0.3, 0.4) is 0 Å². The molecule has 1 aliphatic rings. The number of nitro benzene ring substituents is 1. The van der Waals surface area contributed by atoms with Gasteiger partial charge in [-0.05, 0) is 19.1 Å². The zero-order valence-corrected chi connectivity index (χ0v) is 13.6. The summed E-state index contributed by atoms with van der Waals surface area (Å²) in [5, 5.41) is 13.5. The number of nitro groups is 1. The summed E-state index contributed by atoms with van der Waals surface area (Å²) in [7, 11) is 0. The topological polar surface area (TPSA) is 108 Å². The SMILES string of the molecule is CC(=O)c1cc2c(cc1NC(=O)c1cc([N+](=O)[O-])ccc1Cl)OCO2. The average molecular weight is 363 g/mol. The molecule has 0 aliphatic carbocycles. The summed E-state index contributed by atoms with van der Waals surface area (Å²) in [6.07, 6.45) is 0. The third-order valence-electron chi connectivity index (χ3n) is 3.55. The summed E-state index contributed by atoms with van der Waals surface area (Å²) in [4.78, 5) is 34.6. The summed E-state index contributed by atoms with van der Waals surface area (Å²) < 4.78 is 10.4. The smallest absolute Gasteiger partial charge is 0.270 e. The van der Waals surface area contributed by atoms with Gasteiger partial charge in [-0.25, -0.2) is 0 Å². The van der Waals surface area contributed by atoms with Crippen molar-refractivity contribution in [3.8, 4) is 11.5 Å². The first kappa shape index (κ1) is 16.7. The number of ether oxygens (including phenoxy) is 2. The second-order valence-corrected chi connectivity index (χ2v) is 5.59. The molecular weight excluding hydrogens is 352 g/mol. The zero-order chi connectivity index (χ0) is 18.1. The second kappa shape index (κ2) is 6.40. The van der Waals surface area contributed by atoms with Crippen LogP contribution in [0.25, 0.3) is 0 Å². The van der Waals surface area contributed by atoms with E-state index in [4.69, 9.17) is 21.1 Å². The van der Waals surface area contributed by atoms with Gasteiger partial charge >= 0.3 is 0 Å². The van der Waals surface area contributed by atoms with Crippen molar-refractivity contribution in [3.63, 3.8) is 0 Å². The van der Waals surface area contributed by atoms with E-state index in [1.165, 1.54) is 31.2 Å². The number of benzene rings is 2. The number of ketones is 1. The fourth-order valence-electron chi connectivity index (χ4n) is 2.33. The molecule has 3 rings (SSSR count). The molecule has 0 bridgehead atoms. The number of anilines is 1. The van der Waals surface area contributed by atoms with Crippen LogP contribution in [0.4, 0.5) is 11.4 Å². The number of carbonyl (C=O) groups excluding carboxylic acids is 2. The quantitative estimate of drug-likeness (QED) is 0.507. The van der Waals surface area contributed by atoms with E-state index in [1.54, 1.807) is 0 Å². The van der Waals surface area contributed by atoms with E-state index in [-0.39, 0.29) is 40.1 Å². The molecule has 1 amide bonds. The van der Waals surface area contributed by atoms with Crippen LogP contribution in [-0.4, -0.2) is 23.4 Å². The van der Waals surface area contributed by atoms with Gasteiger partial charge in [0, 0.05) is 23.8 Å². The predicted molar refractivity (Wildman–Crippen MR) is 88.6 cm³/mol. The van der Waals surface area contributed by atoms with Crippen LogP contribution < -0.4 is 14.8 Å². The van der Waals surface area contributed by atoms with Gasteiger partial charge in [-0.1, -0.05) is 11.6 Å². The minimum Gasteiger partial charge on any atom is -0.454 e. The van der Waals surface area contributed by atoms with Crippen LogP contribution in [0.2, 0.25) is 5.02 Å². The Kier molecular flexibility index (Phi) is 4.28. The summed E-state index contributed by atoms with van der Waals surface area (Å²) in [5.74, 6) is -0.198. The van der Waals surface area contributed by atoms with E-state index < -0.39 is 10.8 Å². The molecule has 0 saturated heterocycles. The maximum Gasteiger partial charge on any atom is 0.270 e. The first-order valence-corrected chi connectivity index (χ1v) is 7.44. The number of rotatable bonds is 4. The molecule has 25 heavy (non-hydrogen) atoms. The maximum atomic E-state index is 12.5. The second-order valence-electron chi connectivity index (χ2n) is 5.18. The lowest BCUT2D eigenvalue weighted by molar-refractivity contribution is -0.384. The molecule has 0 spiro atoms. The predicted octanol–water partition coefficient (Wildman–Crippen LogP) is 3.43. The van der Waals surface area contributed by atoms with Crippen LogP contribution in [-0.2, 0) is 0 Å². The Bertz CT molecular complexity index is 912. The lowest BCUT2D eigenvalue weighted by Gasteiger charge is -2.11. The summed E-state index contributed by atoms with van der Waals surface area (Å²) in [6, 6.07) is 6.45. The molecule has 1 N–H and O–H groups in total. The highest BCUT2D eigenvalue weighted by Gasteiger charge is 2.22. The number of nitrogens with one attached hydrogen (secondary N) is 1. The fraction of sp³-hybridized carbons (Fsp3) is 0.125. The number of Topliss-reactive ketones (excluding diaryl/α,β-unsaturated/α-hetero) is 1. The van der Waals surface area contributed by atoms with Gasteiger partial charge in [0.15, 0.2) is 17.3 Å². The van der Waals surface area contributed by atoms with Gasteiger partial charge in [-0.3, -0.25) is 19.7 Å². The van der Waals surface area contributed by atoms with Crippen LogP contribution in [0.5, 0.6) is 11.5 Å². The van der Waals surface area contributed by atoms with Crippen LogP contribution in [0.15, 0.2) is 30.3 Å². The molecule has 1 aliphatic heterocycles. The van der Waals surface area contributed by atoms with Gasteiger partial charge < -0.3 is 14.8 Å². The van der Waals surface area contributed by atoms with E-state index in [2.05, 4.69) is 5.32 Å². The Balaban J connectivity index is 1.97. The van der Waals surface area contributed by atoms with E-state index in [1.807, 2.05) is 0 Å². The standard InChI is InChI=1S/C16H11ClN2O6/c1-8(20)10-5-14-15(25-7-24-14)6-13(10)18-16(21)11-4-9(19(22)23)2-3-12(11)17/h2-6H,7H2,1H3,(H,18,21). The molecule has 0 aromatic heterocycles. The normalized spacial score (nSPS) is 11.9. The Hall–Kier alpha value is -3.13. The molecule has 128 valence electrons.